The third kappa shape index (κ3) is 3.49. The lowest BCUT2D eigenvalue weighted by Gasteiger charge is -2.27. The summed E-state index contributed by atoms with van der Waals surface area (Å²) in [5.41, 5.74) is 3.18. The summed E-state index contributed by atoms with van der Waals surface area (Å²) in [6, 6.07) is 5.83. The number of fused-ring (bicyclic) bond motifs is 1. The molecule has 3 atom stereocenters. The second kappa shape index (κ2) is 6.76. The number of hydrogen-bond acceptors (Lipinski definition) is 4. The lowest BCUT2D eigenvalue weighted by Crippen LogP contribution is -2.38. The summed E-state index contributed by atoms with van der Waals surface area (Å²) in [7, 11) is -3.04. The highest BCUT2D eigenvalue weighted by atomic mass is 32.2. The third-order valence-corrected chi connectivity index (χ3v) is 8.35. The van der Waals surface area contributed by atoms with Gasteiger partial charge in [-0.3, -0.25) is 4.79 Å². The third-order valence-electron chi connectivity index (χ3n) is 5.14. The maximum atomic E-state index is 12.4. The lowest BCUT2D eigenvalue weighted by atomic mass is 10.1. The predicted molar refractivity (Wildman–Crippen MR) is 104 cm³/mol. The van der Waals surface area contributed by atoms with Crippen LogP contribution in [-0.4, -0.2) is 42.3 Å². The van der Waals surface area contributed by atoms with Gasteiger partial charge in [0.1, 0.15) is 0 Å². The van der Waals surface area contributed by atoms with E-state index in [0.717, 1.165) is 23.2 Å². The first kappa shape index (κ1) is 18.5. The number of aryl methyl sites for hydroxylation is 1. The molecule has 1 aromatic carbocycles. The number of carbonyl (C=O) groups excluding carboxylic acids is 1. The number of thioether (sulfide) groups is 1. The lowest BCUT2D eigenvalue weighted by molar-refractivity contribution is -0.121. The summed E-state index contributed by atoms with van der Waals surface area (Å²) in [6.45, 7) is 7.90. The molecule has 136 valence electrons. The van der Waals surface area contributed by atoms with Gasteiger partial charge in [-0.15, -0.1) is 0 Å². The topological polar surface area (TPSA) is 66.8 Å². The van der Waals surface area contributed by atoms with Crippen LogP contribution in [0.5, 0.6) is 0 Å². The minimum atomic E-state index is -3.04. The van der Waals surface area contributed by atoms with Gasteiger partial charge in [0.25, 0.3) is 5.91 Å². The Morgan fingerprint density at radius 1 is 1.36 bits per heavy atom. The average Bonchev–Trinajstić information content (AvgIpc) is 3.00. The Kier molecular flexibility index (Phi) is 4.99. The fraction of sp³-hybridized carbons (Fsp3) is 0.556. The van der Waals surface area contributed by atoms with Crippen LogP contribution in [0.1, 0.15) is 31.4 Å². The zero-order chi connectivity index (χ0) is 18.4. The van der Waals surface area contributed by atoms with Gasteiger partial charge in [-0.2, -0.15) is 4.99 Å². The van der Waals surface area contributed by atoms with Crippen molar-refractivity contribution in [1.29, 1.82) is 0 Å². The maximum Gasteiger partial charge on any atom is 0.250 e. The normalized spacial score (nSPS) is 27.5. The van der Waals surface area contributed by atoms with Gasteiger partial charge in [0.05, 0.1) is 17.5 Å². The van der Waals surface area contributed by atoms with Crippen LogP contribution < -0.4 is 4.90 Å². The second-order valence-corrected chi connectivity index (χ2v) is 10.3. The number of rotatable bonds is 3. The first-order valence-corrected chi connectivity index (χ1v) is 11.3. The van der Waals surface area contributed by atoms with Crippen LogP contribution in [0.25, 0.3) is 0 Å². The van der Waals surface area contributed by atoms with E-state index in [2.05, 4.69) is 4.99 Å². The molecule has 3 rings (SSSR count). The standard InChI is InChI=1S/C18H24N2O3S2/c1-5-11(2)17(21)19-18-20(14-8-6-7-12(3)13(14)4)15-9-25(22,23)10-16(15)24-18/h6-8,11,15-16H,5,9-10H2,1-4H3/t11-,15+,16+/m0/s1. The molecule has 0 spiro atoms. The summed E-state index contributed by atoms with van der Waals surface area (Å²) in [5.74, 6) is 0.00956. The fourth-order valence-corrected chi connectivity index (χ4v) is 7.13. The van der Waals surface area contributed by atoms with E-state index in [1.54, 1.807) is 0 Å². The molecule has 2 fully saturated rings. The molecule has 0 N–H and O–H groups in total. The Morgan fingerprint density at radius 2 is 2.08 bits per heavy atom. The van der Waals surface area contributed by atoms with E-state index >= 15 is 0 Å². The van der Waals surface area contributed by atoms with E-state index < -0.39 is 9.84 Å². The number of amides is 1. The molecule has 0 bridgehead atoms. The number of nitrogens with zero attached hydrogens (tertiary/aromatic N) is 2. The molecule has 5 nitrogen and oxygen atoms in total. The first-order valence-electron chi connectivity index (χ1n) is 8.58. The van der Waals surface area contributed by atoms with Crippen molar-refractivity contribution in [3.63, 3.8) is 0 Å². The molecular formula is C18H24N2O3S2. The summed E-state index contributed by atoms with van der Waals surface area (Å²) in [5, 5.41) is 0.581. The number of carbonyl (C=O) groups is 1. The fourth-order valence-electron chi connectivity index (χ4n) is 3.22. The minimum absolute atomic E-state index is 0.0617. The van der Waals surface area contributed by atoms with Gasteiger partial charge < -0.3 is 4.90 Å². The van der Waals surface area contributed by atoms with Crippen LogP contribution in [0.15, 0.2) is 23.2 Å². The number of sulfone groups is 1. The van der Waals surface area contributed by atoms with Crippen molar-refractivity contribution < 1.29 is 13.2 Å². The largest absolute Gasteiger partial charge is 0.315 e. The Labute approximate surface area is 153 Å². The van der Waals surface area contributed by atoms with Crippen molar-refractivity contribution in [3.8, 4) is 0 Å². The summed E-state index contributed by atoms with van der Waals surface area (Å²) >= 11 is 1.43. The molecule has 0 saturated carbocycles. The highest BCUT2D eigenvalue weighted by molar-refractivity contribution is 8.16. The van der Waals surface area contributed by atoms with E-state index in [1.807, 2.05) is 50.8 Å². The Balaban J connectivity index is 2.06. The smallest absolute Gasteiger partial charge is 0.250 e. The second-order valence-electron chi connectivity index (χ2n) is 6.93. The van der Waals surface area contributed by atoms with Crippen molar-refractivity contribution in [2.24, 2.45) is 10.9 Å². The molecule has 0 aliphatic carbocycles. The molecular weight excluding hydrogens is 356 g/mol. The van der Waals surface area contributed by atoms with Crippen molar-refractivity contribution in [2.45, 2.75) is 45.4 Å². The van der Waals surface area contributed by atoms with Gasteiger partial charge in [-0.05, 0) is 37.5 Å². The van der Waals surface area contributed by atoms with Crippen LogP contribution in [0.4, 0.5) is 5.69 Å². The highest BCUT2D eigenvalue weighted by Crippen LogP contribution is 2.42. The molecule has 25 heavy (non-hydrogen) atoms. The van der Waals surface area contributed by atoms with Crippen LogP contribution in [-0.2, 0) is 14.6 Å². The SMILES string of the molecule is CC[C@H](C)C(=O)N=C1S[C@@H]2CS(=O)(=O)C[C@H]2N1c1cccc(C)c1C. The van der Waals surface area contributed by atoms with E-state index in [-0.39, 0.29) is 34.6 Å². The number of hydrogen-bond donors (Lipinski definition) is 0. The molecule has 1 amide bonds. The predicted octanol–water partition coefficient (Wildman–Crippen LogP) is 2.95. The minimum Gasteiger partial charge on any atom is -0.315 e. The van der Waals surface area contributed by atoms with Crippen LogP contribution >= 0.6 is 11.8 Å². The quantitative estimate of drug-likeness (QED) is 0.806. The molecule has 7 heteroatoms. The molecule has 2 aliphatic rings. The van der Waals surface area contributed by atoms with Gasteiger partial charge in [0.15, 0.2) is 15.0 Å². The van der Waals surface area contributed by atoms with Crippen molar-refractivity contribution in [2.75, 3.05) is 16.4 Å². The molecule has 2 saturated heterocycles. The Morgan fingerprint density at radius 3 is 2.76 bits per heavy atom. The van der Waals surface area contributed by atoms with Crippen LogP contribution in [0.2, 0.25) is 0 Å². The van der Waals surface area contributed by atoms with E-state index in [0.29, 0.717) is 5.17 Å². The molecule has 2 aliphatic heterocycles. The van der Waals surface area contributed by atoms with Crippen molar-refractivity contribution >= 4 is 38.4 Å². The molecule has 0 radical (unpaired) electrons. The van der Waals surface area contributed by atoms with Gasteiger partial charge in [-0.25, -0.2) is 8.42 Å². The number of benzene rings is 1. The van der Waals surface area contributed by atoms with Gasteiger partial charge >= 0.3 is 0 Å². The zero-order valence-electron chi connectivity index (χ0n) is 15.0. The van der Waals surface area contributed by atoms with E-state index in [9.17, 15) is 13.2 Å². The van der Waals surface area contributed by atoms with Gasteiger partial charge in [0.2, 0.25) is 0 Å². The number of amidine groups is 1. The first-order chi connectivity index (χ1) is 11.7. The molecule has 2 heterocycles. The number of aliphatic imine (C=N–C) groups is 1. The van der Waals surface area contributed by atoms with Gasteiger partial charge in [0, 0.05) is 16.9 Å². The zero-order valence-corrected chi connectivity index (χ0v) is 16.7. The van der Waals surface area contributed by atoms with Crippen molar-refractivity contribution in [3.05, 3.63) is 29.3 Å². The van der Waals surface area contributed by atoms with Gasteiger partial charge in [-0.1, -0.05) is 37.7 Å². The van der Waals surface area contributed by atoms with Crippen LogP contribution in [0, 0.1) is 19.8 Å². The highest BCUT2D eigenvalue weighted by Gasteiger charge is 2.49. The summed E-state index contributed by atoms with van der Waals surface area (Å²) < 4.78 is 24.2. The molecule has 0 aromatic heterocycles. The van der Waals surface area contributed by atoms with E-state index in [1.165, 1.54) is 11.8 Å². The molecule has 1 aromatic rings. The van der Waals surface area contributed by atoms with Crippen molar-refractivity contribution in [1.82, 2.24) is 0 Å². The Bertz CT molecular complexity index is 833. The Hall–Kier alpha value is -1.34. The molecule has 0 unspecified atom stereocenters. The monoisotopic (exact) mass is 380 g/mol. The summed E-state index contributed by atoms with van der Waals surface area (Å²) in [4.78, 5) is 18.7. The average molecular weight is 381 g/mol. The summed E-state index contributed by atoms with van der Waals surface area (Å²) in [6.07, 6.45) is 0.741. The van der Waals surface area contributed by atoms with E-state index in [4.69, 9.17) is 0 Å². The number of anilines is 1. The van der Waals surface area contributed by atoms with Crippen LogP contribution in [0.3, 0.4) is 0 Å². The maximum absolute atomic E-state index is 12.4.